The Morgan fingerprint density at radius 1 is 1.04 bits per heavy atom. The van der Waals surface area contributed by atoms with E-state index >= 15 is 0 Å². The summed E-state index contributed by atoms with van der Waals surface area (Å²) in [5.74, 6) is 0.697. The number of aryl methyl sites for hydroxylation is 1. The lowest BCUT2D eigenvalue weighted by atomic mass is 9.96. The molecule has 0 bridgehead atoms. The Hall–Kier alpha value is -2.17. The van der Waals surface area contributed by atoms with Crippen LogP contribution in [0.1, 0.15) is 51.4 Å². The fourth-order valence-corrected chi connectivity index (χ4v) is 4.43. The van der Waals surface area contributed by atoms with Crippen molar-refractivity contribution >= 4 is 5.91 Å². The van der Waals surface area contributed by atoms with Crippen molar-refractivity contribution in [3.05, 3.63) is 36.5 Å². The first-order valence-corrected chi connectivity index (χ1v) is 10.1. The Labute approximate surface area is 155 Å². The molecule has 1 aliphatic heterocycles. The maximum atomic E-state index is 12.9. The molecule has 1 aromatic carbocycles. The van der Waals surface area contributed by atoms with Crippen LogP contribution in [0.3, 0.4) is 0 Å². The van der Waals surface area contributed by atoms with Crippen LogP contribution in [0.15, 0.2) is 36.5 Å². The molecule has 2 heterocycles. The number of benzene rings is 1. The molecule has 1 saturated heterocycles. The zero-order chi connectivity index (χ0) is 17.8. The quantitative estimate of drug-likeness (QED) is 0.820. The van der Waals surface area contributed by atoms with Crippen molar-refractivity contribution < 1.29 is 4.79 Å². The second-order valence-electron chi connectivity index (χ2n) is 7.68. The second-order valence-corrected chi connectivity index (χ2v) is 7.68. The highest BCUT2D eigenvalue weighted by atomic mass is 16.2. The first-order chi connectivity index (χ1) is 12.8. The Kier molecular flexibility index (Phi) is 5.32. The second kappa shape index (κ2) is 8.02. The number of rotatable bonds is 5. The van der Waals surface area contributed by atoms with E-state index in [1.165, 1.54) is 19.3 Å². The maximum Gasteiger partial charge on any atom is 0.225 e. The Morgan fingerprint density at radius 3 is 2.62 bits per heavy atom. The van der Waals surface area contributed by atoms with Crippen molar-refractivity contribution in [3.8, 4) is 11.3 Å². The lowest BCUT2D eigenvalue weighted by Crippen LogP contribution is -2.46. The lowest BCUT2D eigenvalue weighted by molar-refractivity contribution is -0.139. The van der Waals surface area contributed by atoms with Crippen LogP contribution in [0, 0.1) is 5.92 Å². The predicted molar refractivity (Wildman–Crippen MR) is 101 cm³/mol. The standard InChI is InChI=1S/C21H28N4O/c26-21(18-10-4-5-11-18)25-14-7-6-12-19(25)13-15-24-16-20(22-23-24)17-8-2-1-3-9-17/h1-3,8-9,16,18-19H,4-7,10-15H2. The zero-order valence-corrected chi connectivity index (χ0v) is 15.4. The molecule has 1 aliphatic carbocycles. The number of piperidine rings is 1. The number of hydrogen-bond donors (Lipinski definition) is 0. The van der Waals surface area contributed by atoms with Crippen LogP contribution in [0.2, 0.25) is 0 Å². The van der Waals surface area contributed by atoms with Gasteiger partial charge in [-0.1, -0.05) is 48.4 Å². The maximum absolute atomic E-state index is 12.9. The number of hydrogen-bond acceptors (Lipinski definition) is 3. The molecule has 1 unspecified atom stereocenters. The van der Waals surface area contributed by atoms with Crippen LogP contribution >= 0.6 is 0 Å². The van der Waals surface area contributed by atoms with Crippen LogP contribution in [-0.2, 0) is 11.3 Å². The third-order valence-electron chi connectivity index (χ3n) is 5.91. The van der Waals surface area contributed by atoms with Gasteiger partial charge in [0.25, 0.3) is 0 Å². The molecule has 26 heavy (non-hydrogen) atoms. The number of carbonyl (C=O) groups is 1. The van der Waals surface area contributed by atoms with Crippen molar-refractivity contribution in [2.75, 3.05) is 6.54 Å². The predicted octanol–water partition coefficient (Wildman–Crippen LogP) is 3.91. The molecule has 0 spiro atoms. The first-order valence-electron chi connectivity index (χ1n) is 10.1. The fraction of sp³-hybridized carbons (Fsp3) is 0.571. The molecule has 2 aromatic rings. The zero-order valence-electron chi connectivity index (χ0n) is 15.4. The van der Waals surface area contributed by atoms with E-state index in [1.807, 2.05) is 29.1 Å². The summed E-state index contributed by atoms with van der Waals surface area (Å²) in [6.07, 6.45) is 11.1. The SMILES string of the molecule is O=C(C1CCCC1)N1CCCCC1CCn1cc(-c2ccccc2)nn1. The number of amides is 1. The van der Waals surface area contributed by atoms with Crippen molar-refractivity contribution in [1.29, 1.82) is 0 Å². The van der Waals surface area contributed by atoms with Gasteiger partial charge in [-0.05, 0) is 38.5 Å². The van der Waals surface area contributed by atoms with Crippen molar-refractivity contribution in [1.82, 2.24) is 19.9 Å². The molecule has 1 amide bonds. The van der Waals surface area contributed by atoms with Gasteiger partial charge in [0.15, 0.2) is 0 Å². The fourth-order valence-electron chi connectivity index (χ4n) is 4.43. The molecule has 1 atom stereocenters. The van der Waals surface area contributed by atoms with Gasteiger partial charge >= 0.3 is 0 Å². The summed E-state index contributed by atoms with van der Waals surface area (Å²) in [4.78, 5) is 15.1. The highest BCUT2D eigenvalue weighted by molar-refractivity contribution is 5.79. The highest BCUT2D eigenvalue weighted by Crippen LogP contribution is 2.30. The molecule has 5 nitrogen and oxygen atoms in total. The van der Waals surface area contributed by atoms with E-state index < -0.39 is 0 Å². The van der Waals surface area contributed by atoms with Gasteiger partial charge in [-0.2, -0.15) is 0 Å². The molecule has 5 heteroatoms. The minimum atomic E-state index is 0.284. The van der Waals surface area contributed by atoms with Gasteiger partial charge < -0.3 is 4.90 Å². The molecule has 0 radical (unpaired) electrons. The largest absolute Gasteiger partial charge is 0.339 e. The molecule has 4 rings (SSSR count). The molecule has 2 fully saturated rings. The minimum absolute atomic E-state index is 0.284. The van der Waals surface area contributed by atoms with Gasteiger partial charge in [-0.3, -0.25) is 9.48 Å². The summed E-state index contributed by atoms with van der Waals surface area (Å²) in [6.45, 7) is 1.76. The summed E-state index contributed by atoms with van der Waals surface area (Å²) in [5, 5.41) is 8.59. The molecule has 138 valence electrons. The van der Waals surface area contributed by atoms with Crippen molar-refractivity contribution in [3.63, 3.8) is 0 Å². The molecule has 1 saturated carbocycles. The van der Waals surface area contributed by atoms with Crippen LogP contribution in [0.4, 0.5) is 0 Å². The lowest BCUT2D eigenvalue weighted by Gasteiger charge is -2.37. The van der Waals surface area contributed by atoms with Crippen LogP contribution in [-0.4, -0.2) is 38.4 Å². The summed E-state index contributed by atoms with van der Waals surface area (Å²) >= 11 is 0. The average Bonchev–Trinajstić information content (AvgIpc) is 3.39. The van der Waals surface area contributed by atoms with Crippen molar-refractivity contribution in [2.45, 2.75) is 64.0 Å². The third kappa shape index (κ3) is 3.81. The number of carbonyl (C=O) groups excluding carboxylic acids is 1. The third-order valence-corrected chi connectivity index (χ3v) is 5.91. The van der Waals surface area contributed by atoms with Gasteiger partial charge in [-0.15, -0.1) is 5.10 Å². The van der Waals surface area contributed by atoms with Gasteiger partial charge in [-0.25, -0.2) is 0 Å². The van der Waals surface area contributed by atoms with Gasteiger partial charge in [0.05, 0.1) is 6.20 Å². The van der Waals surface area contributed by atoms with E-state index in [9.17, 15) is 4.79 Å². The Morgan fingerprint density at radius 2 is 1.81 bits per heavy atom. The highest BCUT2D eigenvalue weighted by Gasteiger charge is 2.32. The molecular formula is C21H28N4O. The van der Waals surface area contributed by atoms with E-state index in [1.54, 1.807) is 0 Å². The van der Waals surface area contributed by atoms with E-state index in [-0.39, 0.29) is 5.92 Å². The van der Waals surface area contributed by atoms with Gasteiger partial charge in [0.1, 0.15) is 5.69 Å². The number of nitrogens with zero attached hydrogens (tertiary/aromatic N) is 4. The number of likely N-dealkylation sites (tertiary alicyclic amines) is 1. The van der Waals surface area contributed by atoms with Gasteiger partial charge in [0.2, 0.25) is 5.91 Å². The average molecular weight is 352 g/mol. The van der Waals surface area contributed by atoms with E-state index in [2.05, 4.69) is 27.3 Å². The minimum Gasteiger partial charge on any atom is -0.339 e. The Bertz CT molecular complexity index is 721. The van der Waals surface area contributed by atoms with Crippen LogP contribution in [0.5, 0.6) is 0 Å². The summed E-state index contributed by atoms with van der Waals surface area (Å²) in [5.41, 5.74) is 2.00. The first kappa shape index (κ1) is 17.3. The summed E-state index contributed by atoms with van der Waals surface area (Å²) in [6, 6.07) is 10.5. The number of aromatic nitrogens is 3. The smallest absolute Gasteiger partial charge is 0.225 e. The van der Waals surface area contributed by atoms with Crippen LogP contribution < -0.4 is 0 Å². The van der Waals surface area contributed by atoms with Crippen molar-refractivity contribution in [2.24, 2.45) is 5.92 Å². The molecule has 0 N–H and O–H groups in total. The van der Waals surface area contributed by atoms with E-state index in [4.69, 9.17) is 0 Å². The molecular weight excluding hydrogens is 324 g/mol. The Balaban J connectivity index is 1.38. The van der Waals surface area contributed by atoms with E-state index in [0.29, 0.717) is 11.9 Å². The molecule has 2 aliphatic rings. The van der Waals surface area contributed by atoms with E-state index in [0.717, 1.165) is 56.5 Å². The van der Waals surface area contributed by atoms with Gasteiger partial charge in [0, 0.05) is 30.6 Å². The molecule has 1 aromatic heterocycles. The van der Waals surface area contributed by atoms with Crippen LogP contribution in [0.25, 0.3) is 11.3 Å². The summed E-state index contributed by atoms with van der Waals surface area (Å²) < 4.78 is 1.93. The monoisotopic (exact) mass is 352 g/mol. The topological polar surface area (TPSA) is 51.0 Å². The summed E-state index contributed by atoms with van der Waals surface area (Å²) in [7, 11) is 0. The normalized spacial score (nSPS) is 21.2.